The van der Waals surface area contributed by atoms with Crippen molar-refractivity contribution in [2.24, 2.45) is 0 Å². The van der Waals surface area contributed by atoms with Crippen molar-refractivity contribution in [3.63, 3.8) is 0 Å². The zero-order valence-electron chi connectivity index (χ0n) is 17.5. The molecule has 2 amide bonds. The quantitative estimate of drug-likeness (QED) is 0.609. The average molecular weight is 407 g/mol. The lowest BCUT2D eigenvalue weighted by atomic mass is 10.1. The van der Waals surface area contributed by atoms with E-state index in [9.17, 15) is 9.59 Å². The Labute approximate surface area is 175 Å². The van der Waals surface area contributed by atoms with E-state index in [1.807, 2.05) is 51.1 Å². The van der Waals surface area contributed by atoms with Crippen LogP contribution in [0.1, 0.15) is 23.9 Å². The van der Waals surface area contributed by atoms with Crippen molar-refractivity contribution in [1.29, 1.82) is 0 Å². The molecule has 0 fully saturated rings. The van der Waals surface area contributed by atoms with E-state index < -0.39 is 11.8 Å². The van der Waals surface area contributed by atoms with Gasteiger partial charge in [-0.05, 0) is 63.1 Å². The lowest BCUT2D eigenvalue weighted by Crippen LogP contribution is -2.41. The summed E-state index contributed by atoms with van der Waals surface area (Å²) in [5.74, 6) is 0.532. The van der Waals surface area contributed by atoms with Crippen LogP contribution >= 0.6 is 0 Å². The number of anilines is 1. The Balaban J connectivity index is 1.60. The molecule has 1 unspecified atom stereocenters. The fraction of sp³-hybridized carbons (Fsp3) is 0.261. The fourth-order valence-corrected chi connectivity index (χ4v) is 3.01. The van der Waals surface area contributed by atoms with Gasteiger partial charge in [0.15, 0.2) is 0 Å². The summed E-state index contributed by atoms with van der Waals surface area (Å²) in [5, 5.41) is 5.34. The number of methoxy groups -OCH3 is 1. The Kier molecular flexibility index (Phi) is 6.51. The van der Waals surface area contributed by atoms with Gasteiger partial charge in [0.2, 0.25) is 5.89 Å². The number of carbonyl (C=O) groups excluding carboxylic acids is 2. The number of ether oxygens (including phenoxy) is 1. The number of rotatable bonds is 6. The second-order valence-electron chi connectivity index (χ2n) is 7.13. The summed E-state index contributed by atoms with van der Waals surface area (Å²) in [7, 11) is 1.61. The minimum absolute atomic E-state index is 0.222. The molecule has 0 aliphatic heterocycles. The highest BCUT2D eigenvalue weighted by molar-refractivity contribution is 6.39. The number of amides is 2. The maximum absolute atomic E-state index is 12.3. The Morgan fingerprint density at radius 2 is 1.87 bits per heavy atom. The Morgan fingerprint density at radius 1 is 1.10 bits per heavy atom. The number of aromatic nitrogens is 1. The van der Waals surface area contributed by atoms with Gasteiger partial charge < -0.3 is 19.8 Å². The molecule has 0 aliphatic rings. The van der Waals surface area contributed by atoms with Gasteiger partial charge in [-0.25, -0.2) is 4.98 Å². The summed E-state index contributed by atoms with van der Waals surface area (Å²) in [5.41, 5.74) is 3.02. The third-order valence-corrected chi connectivity index (χ3v) is 4.66. The second kappa shape index (κ2) is 9.26. The van der Waals surface area contributed by atoms with E-state index in [-0.39, 0.29) is 6.04 Å². The highest BCUT2D eigenvalue weighted by Gasteiger charge is 2.17. The molecule has 30 heavy (non-hydrogen) atoms. The zero-order chi connectivity index (χ0) is 21.7. The first kappa shape index (κ1) is 21.1. The van der Waals surface area contributed by atoms with Crippen LogP contribution in [0.3, 0.4) is 0 Å². The molecule has 7 heteroatoms. The van der Waals surface area contributed by atoms with Gasteiger partial charge in [-0.2, -0.15) is 0 Å². The molecule has 1 atom stereocenters. The third kappa shape index (κ3) is 5.26. The maximum atomic E-state index is 12.3. The smallest absolute Gasteiger partial charge is 0.313 e. The molecule has 2 N–H and O–H groups in total. The van der Waals surface area contributed by atoms with Gasteiger partial charge in [0.25, 0.3) is 0 Å². The first-order chi connectivity index (χ1) is 14.4. The zero-order valence-corrected chi connectivity index (χ0v) is 17.5. The van der Waals surface area contributed by atoms with E-state index in [2.05, 4.69) is 15.6 Å². The molecule has 1 aromatic heterocycles. The Morgan fingerprint density at radius 3 is 2.57 bits per heavy atom. The normalized spacial score (nSPS) is 11.6. The number of nitrogens with zero attached hydrogens (tertiary/aromatic N) is 1. The molecule has 0 spiro atoms. The van der Waals surface area contributed by atoms with E-state index in [0.717, 1.165) is 28.3 Å². The molecular formula is C23H25N3O4. The van der Waals surface area contributed by atoms with Gasteiger partial charge in [0.05, 0.1) is 12.8 Å². The van der Waals surface area contributed by atoms with Crippen LogP contribution in [0, 0.1) is 13.8 Å². The molecule has 3 aromatic rings. The Hall–Kier alpha value is -3.61. The molecule has 156 valence electrons. The van der Waals surface area contributed by atoms with E-state index in [4.69, 9.17) is 9.15 Å². The van der Waals surface area contributed by atoms with Crippen LogP contribution in [0.5, 0.6) is 5.75 Å². The first-order valence-corrected chi connectivity index (χ1v) is 9.65. The van der Waals surface area contributed by atoms with Crippen LogP contribution in [0.4, 0.5) is 5.69 Å². The van der Waals surface area contributed by atoms with Crippen molar-refractivity contribution in [3.05, 3.63) is 65.5 Å². The summed E-state index contributed by atoms with van der Waals surface area (Å²) in [4.78, 5) is 29.0. The van der Waals surface area contributed by atoms with Crippen LogP contribution in [-0.2, 0) is 16.0 Å². The molecule has 3 rings (SSSR count). The number of carbonyl (C=O) groups is 2. The largest absolute Gasteiger partial charge is 0.497 e. The first-order valence-electron chi connectivity index (χ1n) is 9.65. The number of aryl methyl sites for hydroxylation is 2. The van der Waals surface area contributed by atoms with Crippen molar-refractivity contribution < 1.29 is 18.7 Å². The number of oxazole rings is 1. The highest BCUT2D eigenvalue weighted by Crippen LogP contribution is 2.24. The minimum atomic E-state index is -0.732. The van der Waals surface area contributed by atoms with Crippen LogP contribution < -0.4 is 15.4 Å². The molecule has 1 heterocycles. The predicted molar refractivity (Wildman–Crippen MR) is 114 cm³/mol. The monoisotopic (exact) mass is 407 g/mol. The Bertz CT molecular complexity index is 1040. The van der Waals surface area contributed by atoms with Gasteiger partial charge in [0.1, 0.15) is 11.5 Å². The summed E-state index contributed by atoms with van der Waals surface area (Å²) in [6, 6.07) is 14.4. The van der Waals surface area contributed by atoms with Gasteiger partial charge in [0, 0.05) is 17.3 Å². The molecule has 0 bridgehead atoms. The molecule has 0 aliphatic carbocycles. The third-order valence-electron chi connectivity index (χ3n) is 4.66. The van der Waals surface area contributed by atoms with Crippen molar-refractivity contribution >= 4 is 17.5 Å². The second-order valence-corrected chi connectivity index (χ2v) is 7.13. The number of hydrogen-bond acceptors (Lipinski definition) is 5. The predicted octanol–water partition coefficient (Wildman–Crippen LogP) is 3.65. The van der Waals surface area contributed by atoms with E-state index >= 15 is 0 Å². The topological polar surface area (TPSA) is 93.5 Å². The molecular weight excluding hydrogens is 382 g/mol. The molecule has 0 saturated heterocycles. The SMILES string of the molecule is COc1cccc(CC(C)NC(=O)C(=O)Nc2cccc(-c3nc(C)c(C)o3)c2)c1. The molecule has 0 saturated carbocycles. The number of nitrogens with one attached hydrogen (secondary N) is 2. The summed E-state index contributed by atoms with van der Waals surface area (Å²) >= 11 is 0. The van der Waals surface area contributed by atoms with Crippen LogP contribution in [-0.4, -0.2) is 29.9 Å². The van der Waals surface area contributed by atoms with Gasteiger partial charge in [-0.15, -0.1) is 0 Å². The summed E-state index contributed by atoms with van der Waals surface area (Å²) in [6.45, 7) is 5.55. The van der Waals surface area contributed by atoms with Gasteiger partial charge >= 0.3 is 11.8 Å². The maximum Gasteiger partial charge on any atom is 0.313 e. The van der Waals surface area contributed by atoms with Crippen LogP contribution in [0.15, 0.2) is 52.9 Å². The minimum Gasteiger partial charge on any atom is -0.497 e. The van der Waals surface area contributed by atoms with E-state index in [0.29, 0.717) is 18.0 Å². The lowest BCUT2D eigenvalue weighted by molar-refractivity contribution is -0.136. The van der Waals surface area contributed by atoms with Gasteiger partial charge in [-0.1, -0.05) is 18.2 Å². The molecule has 2 aromatic carbocycles. The van der Waals surface area contributed by atoms with Crippen molar-refractivity contribution in [3.8, 4) is 17.2 Å². The van der Waals surface area contributed by atoms with Crippen LogP contribution in [0.2, 0.25) is 0 Å². The number of hydrogen-bond donors (Lipinski definition) is 2. The molecule has 7 nitrogen and oxygen atoms in total. The van der Waals surface area contributed by atoms with Crippen molar-refractivity contribution in [2.75, 3.05) is 12.4 Å². The van der Waals surface area contributed by atoms with Crippen molar-refractivity contribution in [2.45, 2.75) is 33.2 Å². The highest BCUT2D eigenvalue weighted by atomic mass is 16.5. The van der Waals surface area contributed by atoms with Crippen LogP contribution in [0.25, 0.3) is 11.5 Å². The lowest BCUT2D eigenvalue weighted by Gasteiger charge is -2.14. The van der Waals surface area contributed by atoms with Crippen molar-refractivity contribution in [1.82, 2.24) is 10.3 Å². The number of benzene rings is 2. The molecule has 0 radical (unpaired) electrons. The standard InChI is InChI=1S/C23H25N3O4/c1-14(11-17-7-5-10-20(12-17)29-4)24-21(27)22(28)26-19-9-6-8-18(13-19)23-25-15(2)16(3)30-23/h5-10,12-14H,11H2,1-4H3,(H,24,27)(H,26,28). The van der Waals surface area contributed by atoms with Gasteiger partial charge in [-0.3, -0.25) is 9.59 Å². The fourth-order valence-electron chi connectivity index (χ4n) is 3.01. The summed E-state index contributed by atoms with van der Waals surface area (Å²) in [6.07, 6.45) is 0.578. The van der Waals surface area contributed by atoms with E-state index in [1.54, 1.807) is 25.3 Å². The summed E-state index contributed by atoms with van der Waals surface area (Å²) < 4.78 is 10.8. The van der Waals surface area contributed by atoms with E-state index in [1.165, 1.54) is 0 Å². The average Bonchev–Trinajstić information content (AvgIpc) is 3.06.